The highest BCUT2D eigenvalue weighted by atomic mass is 16.5. The SMILES string of the molecule is CC(=O)NC1=NC(=Cc2[nH]c(NC(C)=O)c(C(=O)OC3C(C(C)(C)C)CC(C)CC3C(C)(C)C)c2C(C)C)C(C(C)C)=C1C(=O)OC1C(C(C)(C)C)CC(C)CC1C(C)(C)C. The smallest absolute Gasteiger partial charge is 0.342 e. The number of carbonyl (C=O) groups is 4. The molecule has 0 spiro atoms. The maximum atomic E-state index is 14.8. The molecule has 2 heterocycles. The maximum Gasteiger partial charge on any atom is 0.342 e. The van der Waals surface area contributed by atoms with Gasteiger partial charge in [-0.05, 0) is 88.2 Å². The van der Waals surface area contributed by atoms with Crippen molar-refractivity contribution < 1.29 is 28.7 Å². The minimum atomic E-state index is -0.509. The molecule has 4 unspecified atom stereocenters. The monoisotopic (exact) mass is 847 g/mol. The molecular weight excluding hydrogens is 765 g/mol. The van der Waals surface area contributed by atoms with Crippen molar-refractivity contribution in [3.05, 3.63) is 33.7 Å². The molecule has 3 N–H and O–H groups in total. The lowest BCUT2D eigenvalue weighted by atomic mass is 9.59. The summed E-state index contributed by atoms with van der Waals surface area (Å²) in [5.41, 5.74) is 2.37. The minimum Gasteiger partial charge on any atom is -0.458 e. The molecule has 0 radical (unpaired) electrons. The fraction of sp³-hybridized carbons (Fsp3) is 0.745. The lowest BCUT2D eigenvalue weighted by Gasteiger charge is -2.50. The number of aliphatic imine (C=N–C) groups is 1. The van der Waals surface area contributed by atoms with Crippen LogP contribution >= 0.6 is 0 Å². The molecule has 3 aliphatic rings. The summed E-state index contributed by atoms with van der Waals surface area (Å²) in [5, 5.41) is 5.75. The number of amidine groups is 1. The zero-order chi connectivity index (χ0) is 46.5. The Morgan fingerprint density at radius 1 is 0.639 bits per heavy atom. The molecule has 10 heteroatoms. The van der Waals surface area contributed by atoms with Crippen molar-refractivity contribution >= 4 is 41.5 Å². The average molecular weight is 847 g/mol. The molecule has 10 nitrogen and oxygen atoms in total. The van der Waals surface area contributed by atoms with E-state index in [1.807, 2.05) is 33.8 Å². The third-order valence-electron chi connectivity index (χ3n) is 13.7. The second kappa shape index (κ2) is 18.2. The number of nitrogens with one attached hydrogen (secondary N) is 3. The number of hydrogen-bond donors (Lipinski definition) is 3. The highest BCUT2D eigenvalue weighted by Gasteiger charge is 2.50. The van der Waals surface area contributed by atoms with Crippen LogP contribution in [0.25, 0.3) is 6.08 Å². The largest absolute Gasteiger partial charge is 0.458 e. The Hall–Kier alpha value is -3.69. The summed E-state index contributed by atoms with van der Waals surface area (Å²) in [6, 6.07) is 0. The molecule has 0 aromatic carbocycles. The van der Waals surface area contributed by atoms with Crippen LogP contribution in [0.1, 0.15) is 192 Å². The quantitative estimate of drug-likeness (QED) is 0.223. The van der Waals surface area contributed by atoms with Gasteiger partial charge < -0.3 is 25.1 Å². The van der Waals surface area contributed by atoms with Crippen molar-refractivity contribution in [2.75, 3.05) is 5.32 Å². The lowest BCUT2D eigenvalue weighted by Crippen LogP contribution is -2.50. The van der Waals surface area contributed by atoms with Gasteiger partial charge in [0.2, 0.25) is 11.8 Å². The van der Waals surface area contributed by atoms with E-state index in [0.29, 0.717) is 34.4 Å². The number of ether oxygens (including phenoxy) is 2. The predicted molar refractivity (Wildman–Crippen MR) is 248 cm³/mol. The number of carbonyl (C=O) groups excluding carboxylic acids is 4. The predicted octanol–water partition coefficient (Wildman–Crippen LogP) is 11.9. The number of nitrogens with zero attached hydrogens (tertiary/aromatic N) is 1. The van der Waals surface area contributed by atoms with E-state index in [0.717, 1.165) is 25.7 Å². The van der Waals surface area contributed by atoms with E-state index in [4.69, 9.17) is 14.5 Å². The normalized spacial score (nSPS) is 27.4. The molecule has 4 rings (SSSR count). The van der Waals surface area contributed by atoms with Crippen molar-refractivity contribution in [2.45, 2.75) is 182 Å². The number of aromatic nitrogens is 1. The van der Waals surface area contributed by atoms with Crippen molar-refractivity contribution in [3.63, 3.8) is 0 Å². The Labute approximate surface area is 368 Å². The van der Waals surface area contributed by atoms with Gasteiger partial charge in [-0.15, -0.1) is 0 Å². The Balaban J connectivity index is 1.92. The molecule has 1 aromatic rings. The van der Waals surface area contributed by atoms with Crippen LogP contribution in [0.3, 0.4) is 0 Å². The second-order valence-electron chi connectivity index (χ2n) is 23.9. The van der Waals surface area contributed by atoms with E-state index in [1.165, 1.54) is 13.8 Å². The Morgan fingerprint density at radius 3 is 1.38 bits per heavy atom. The van der Waals surface area contributed by atoms with Crippen molar-refractivity contribution in [2.24, 2.45) is 68.1 Å². The van der Waals surface area contributed by atoms with Gasteiger partial charge in [0, 0.05) is 43.2 Å². The molecular formula is C51H82N4O6. The van der Waals surface area contributed by atoms with E-state index in [2.05, 4.69) is 113 Å². The number of esters is 2. The highest BCUT2D eigenvalue weighted by Crippen LogP contribution is 2.52. The lowest BCUT2D eigenvalue weighted by molar-refractivity contribution is -0.164. The number of rotatable bonds is 8. The zero-order valence-electron chi connectivity index (χ0n) is 41.6. The molecule has 1 aliphatic heterocycles. The first-order valence-corrected chi connectivity index (χ1v) is 23.0. The number of H-pyrrole nitrogens is 1. The minimum absolute atomic E-state index is 0.112. The molecule has 4 atom stereocenters. The first-order chi connectivity index (χ1) is 27.7. The van der Waals surface area contributed by atoms with Crippen molar-refractivity contribution in [1.82, 2.24) is 10.3 Å². The van der Waals surface area contributed by atoms with Crippen molar-refractivity contribution in [3.8, 4) is 0 Å². The van der Waals surface area contributed by atoms with Gasteiger partial charge in [0.25, 0.3) is 0 Å². The summed E-state index contributed by atoms with van der Waals surface area (Å²) in [4.78, 5) is 63.5. The summed E-state index contributed by atoms with van der Waals surface area (Å²) in [6.45, 7) is 42.1. The summed E-state index contributed by atoms with van der Waals surface area (Å²) < 4.78 is 13.5. The third kappa shape index (κ3) is 11.5. The molecule has 342 valence electrons. The number of allylic oxidation sites excluding steroid dienone is 1. The average Bonchev–Trinajstić information content (AvgIpc) is 3.60. The van der Waals surface area contributed by atoms with E-state index in [1.54, 1.807) is 0 Å². The highest BCUT2D eigenvalue weighted by molar-refractivity contribution is 6.25. The van der Waals surface area contributed by atoms with Crippen LogP contribution < -0.4 is 10.6 Å². The molecule has 2 amide bonds. The first-order valence-electron chi connectivity index (χ1n) is 23.0. The van der Waals surface area contributed by atoms with E-state index in [-0.39, 0.29) is 104 Å². The van der Waals surface area contributed by atoms with E-state index < -0.39 is 11.9 Å². The Morgan fingerprint density at radius 2 is 1.03 bits per heavy atom. The standard InChI is InChI=1S/C51H82N4O6/c1-26(2)38-36(54-44(52-30(7)56)40(38)46(58)60-42-32(48(9,10)11)21-28(5)22-33(42)49(12,13)14)25-37-39(27(3)4)41(45(55-37)53-31(8)57)47(59)61-43-34(50(15,16)17)23-29(6)24-35(43)51(18,19)20/h25-29,32-35,42-43,54H,21-24H2,1-20H3,(H,52,56)(H,53,55,57). The van der Waals surface area contributed by atoms with Crippen LogP contribution in [0.5, 0.6) is 0 Å². The van der Waals surface area contributed by atoms with Crippen LogP contribution in [-0.4, -0.2) is 46.8 Å². The summed E-state index contributed by atoms with van der Waals surface area (Å²) in [7, 11) is 0. The Bertz CT molecular complexity index is 1870. The molecule has 0 bridgehead atoms. The summed E-state index contributed by atoms with van der Waals surface area (Å²) in [5.74, 6) is -0.226. The number of hydrogen-bond acceptors (Lipinski definition) is 7. The van der Waals surface area contributed by atoms with E-state index in [9.17, 15) is 19.2 Å². The Kier molecular flexibility index (Phi) is 14.9. The van der Waals surface area contributed by atoms with Gasteiger partial charge in [-0.25, -0.2) is 14.6 Å². The molecule has 2 fully saturated rings. The zero-order valence-corrected chi connectivity index (χ0v) is 41.6. The summed E-state index contributed by atoms with van der Waals surface area (Å²) in [6.07, 6.45) is 4.94. The van der Waals surface area contributed by atoms with Crippen LogP contribution in [0.15, 0.2) is 21.8 Å². The van der Waals surface area contributed by atoms with Crippen molar-refractivity contribution in [1.29, 1.82) is 0 Å². The fourth-order valence-corrected chi connectivity index (χ4v) is 10.6. The molecule has 0 saturated heterocycles. The number of amides is 2. The van der Waals surface area contributed by atoms with Gasteiger partial charge in [0.15, 0.2) is 0 Å². The van der Waals surface area contributed by atoms with Gasteiger partial charge >= 0.3 is 11.9 Å². The molecule has 2 aliphatic carbocycles. The summed E-state index contributed by atoms with van der Waals surface area (Å²) >= 11 is 0. The van der Waals surface area contributed by atoms with Crippen LogP contribution in [0.2, 0.25) is 0 Å². The van der Waals surface area contributed by atoms with Gasteiger partial charge in [0.1, 0.15) is 35.0 Å². The maximum absolute atomic E-state index is 14.8. The van der Waals surface area contributed by atoms with Gasteiger partial charge in [-0.2, -0.15) is 0 Å². The fourth-order valence-electron chi connectivity index (χ4n) is 10.6. The molecule has 2 saturated carbocycles. The number of aromatic amines is 1. The first kappa shape index (κ1) is 50.0. The van der Waals surface area contributed by atoms with Gasteiger partial charge in [-0.3, -0.25) is 9.59 Å². The van der Waals surface area contributed by atoms with Crippen LogP contribution in [0.4, 0.5) is 5.82 Å². The molecule has 61 heavy (non-hydrogen) atoms. The van der Waals surface area contributed by atoms with Gasteiger partial charge in [-0.1, -0.05) is 125 Å². The molecule has 1 aromatic heterocycles. The van der Waals surface area contributed by atoms with Crippen LogP contribution in [-0.2, 0) is 23.9 Å². The number of anilines is 1. The van der Waals surface area contributed by atoms with E-state index >= 15 is 0 Å². The second-order valence-corrected chi connectivity index (χ2v) is 23.9. The topological polar surface area (TPSA) is 139 Å². The van der Waals surface area contributed by atoms with Crippen LogP contribution in [0, 0.1) is 63.1 Å². The van der Waals surface area contributed by atoms with Gasteiger partial charge in [0.05, 0.1) is 5.70 Å². The third-order valence-corrected chi connectivity index (χ3v) is 13.7.